The lowest BCUT2D eigenvalue weighted by Gasteiger charge is -2.13. The third kappa shape index (κ3) is 7.00. The van der Waals surface area contributed by atoms with E-state index in [-0.39, 0.29) is 11.7 Å². The predicted octanol–water partition coefficient (Wildman–Crippen LogP) is 6.87. The summed E-state index contributed by atoms with van der Waals surface area (Å²) in [7, 11) is 0. The molecule has 0 unspecified atom stereocenters. The Morgan fingerprint density at radius 1 is 0.743 bits per heavy atom. The molecule has 9 heteroatoms. The van der Waals surface area contributed by atoms with Crippen molar-refractivity contribution in [1.82, 2.24) is 19.9 Å². The van der Waals surface area contributed by atoms with Gasteiger partial charge in [-0.15, -0.1) is 0 Å². The fourth-order valence-corrected chi connectivity index (χ4v) is 3.52. The van der Waals surface area contributed by atoms with Crippen molar-refractivity contribution in [2.75, 3.05) is 10.6 Å². The summed E-state index contributed by atoms with van der Waals surface area (Å²) in [6.45, 7) is 10.3. The number of pyridine rings is 4. The fourth-order valence-electron chi connectivity index (χ4n) is 3.52. The zero-order valence-electron chi connectivity index (χ0n) is 20.6. The van der Waals surface area contributed by atoms with Gasteiger partial charge in [-0.25, -0.2) is 19.9 Å². The van der Waals surface area contributed by atoms with Gasteiger partial charge in [0.1, 0.15) is 5.69 Å². The summed E-state index contributed by atoms with van der Waals surface area (Å²) in [5.41, 5.74) is 2.97. The van der Waals surface area contributed by atoms with Gasteiger partial charge in [-0.05, 0) is 70.5 Å². The number of alkyl halides is 3. The Morgan fingerprint density at radius 3 is 1.74 bits per heavy atom. The van der Waals surface area contributed by atoms with Crippen molar-refractivity contribution in [3.8, 4) is 0 Å². The van der Waals surface area contributed by atoms with E-state index in [0.29, 0.717) is 11.4 Å². The number of aryl methyl sites for hydroxylation is 1. The minimum Gasteiger partial charge on any atom is -0.382 e. The topological polar surface area (TPSA) is 75.6 Å². The van der Waals surface area contributed by atoms with Gasteiger partial charge in [-0.1, -0.05) is 13.3 Å². The molecule has 0 aliphatic heterocycles. The molecular formula is C26H31F3N6. The lowest BCUT2D eigenvalue weighted by Crippen LogP contribution is -2.11. The molecule has 2 N–H and O–H groups in total. The summed E-state index contributed by atoms with van der Waals surface area (Å²) in [5, 5.41) is 8.24. The highest BCUT2D eigenvalue weighted by Gasteiger charge is 2.32. The van der Waals surface area contributed by atoms with E-state index in [1.165, 1.54) is 12.3 Å². The van der Waals surface area contributed by atoms with E-state index < -0.39 is 11.9 Å². The van der Waals surface area contributed by atoms with Gasteiger partial charge < -0.3 is 10.6 Å². The monoisotopic (exact) mass is 484 g/mol. The zero-order chi connectivity index (χ0) is 25.6. The number of halogens is 3. The van der Waals surface area contributed by atoms with Crippen LogP contribution in [0.2, 0.25) is 0 Å². The van der Waals surface area contributed by atoms with Crippen molar-refractivity contribution in [3.63, 3.8) is 0 Å². The molecule has 0 spiro atoms. The first-order chi connectivity index (χ1) is 16.6. The molecule has 0 fully saturated rings. The van der Waals surface area contributed by atoms with Crippen LogP contribution in [0.5, 0.6) is 0 Å². The first-order valence-electron chi connectivity index (χ1n) is 11.7. The SMILES string of the molecule is CC(C)Nc1ccnc2nc(C(F)(F)F)ccc12.CCCc1ccc2c(NC(C)C)ccnc2n1. The maximum absolute atomic E-state index is 12.5. The summed E-state index contributed by atoms with van der Waals surface area (Å²) in [6.07, 6.45) is 0.940. The Kier molecular flexibility index (Phi) is 8.43. The molecule has 4 rings (SSSR count). The summed E-state index contributed by atoms with van der Waals surface area (Å²) in [4.78, 5) is 16.3. The second kappa shape index (κ2) is 11.3. The van der Waals surface area contributed by atoms with Crippen LogP contribution in [0.3, 0.4) is 0 Å². The number of hydrogen-bond donors (Lipinski definition) is 2. The van der Waals surface area contributed by atoms with Crippen LogP contribution in [0.25, 0.3) is 22.1 Å². The van der Waals surface area contributed by atoms with Crippen molar-refractivity contribution in [3.05, 3.63) is 60.2 Å². The van der Waals surface area contributed by atoms with E-state index in [1.54, 1.807) is 6.07 Å². The minimum atomic E-state index is -4.45. The molecule has 0 atom stereocenters. The predicted molar refractivity (Wildman–Crippen MR) is 136 cm³/mol. The molecule has 35 heavy (non-hydrogen) atoms. The zero-order valence-corrected chi connectivity index (χ0v) is 20.6. The fraction of sp³-hybridized carbons (Fsp3) is 0.385. The van der Waals surface area contributed by atoms with E-state index in [9.17, 15) is 13.2 Å². The van der Waals surface area contributed by atoms with Crippen LogP contribution in [-0.2, 0) is 12.6 Å². The Balaban J connectivity index is 0.000000196. The molecule has 0 aliphatic carbocycles. The van der Waals surface area contributed by atoms with Gasteiger partial charge in [0.15, 0.2) is 11.3 Å². The van der Waals surface area contributed by atoms with E-state index >= 15 is 0 Å². The van der Waals surface area contributed by atoms with Crippen LogP contribution < -0.4 is 10.6 Å². The molecule has 4 aromatic heterocycles. The Morgan fingerprint density at radius 2 is 1.26 bits per heavy atom. The molecule has 4 heterocycles. The van der Waals surface area contributed by atoms with E-state index in [1.807, 2.05) is 26.1 Å². The van der Waals surface area contributed by atoms with Crippen LogP contribution in [0.15, 0.2) is 48.8 Å². The highest BCUT2D eigenvalue weighted by Crippen LogP contribution is 2.30. The maximum Gasteiger partial charge on any atom is 0.433 e. The summed E-state index contributed by atoms with van der Waals surface area (Å²) < 4.78 is 37.6. The maximum atomic E-state index is 12.5. The molecule has 0 aromatic carbocycles. The highest BCUT2D eigenvalue weighted by atomic mass is 19.4. The molecule has 0 bridgehead atoms. The first-order valence-corrected chi connectivity index (χ1v) is 11.7. The van der Waals surface area contributed by atoms with Gasteiger partial charge in [0.05, 0.1) is 0 Å². The van der Waals surface area contributed by atoms with Gasteiger partial charge >= 0.3 is 6.18 Å². The summed E-state index contributed by atoms with van der Waals surface area (Å²) in [6, 6.07) is 10.9. The average Bonchev–Trinajstić information content (AvgIpc) is 2.78. The molecule has 0 amide bonds. The van der Waals surface area contributed by atoms with Crippen LogP contribution in [0.4, 0.5) is 24.5 Å². The number of aromatic nitrogens is 4. The second-order valence-corrected chi connectivity index (χ2v) is 8.80. The molecular weight excluding hydrogens is 453 g/mol. The van der Waals surface area contributed by atoms with Crippen LogP contribution in [-0.4, -0.2) is 32.0 Å². The van der Waals surface area contributed by atoms with Crippen LogP contribution in [0.1, 0.15) is 52.4 Å². The van der Waals surface area contributed by atoms with Crippen molar-refractivity contribution in [2.24, 2.45) is 0 Å². The number of rotatable bonds is 6. The number of anilines is 2. The van der Waals surface area contributed by atoms with Crippen molar-refractivity contribution in [1.29, 1.82) is 0 Å². The number of nitrogens with one attached hydrogen (secondary N) is 2. The standard InChI is InChI=1S/C14H19N3.C12H12F3N3/c1-4-5-11-6-7-12-13(16-10(2)3)8-9-15-14(12)17-11;1-7(2)17-9-5-6-16-11-8(9)3-4-10(18-11)12(13,14)15/h6-10H,4-5H2,1-3H3,(H,15,16,17);3-7H,1-2H3,(H,16,17,18). The molecule has 6 nitrogen and oxygen atoms in total. The minimum absolute atomic E-state index is 0.0930. The molecule has 0 saturated heterocycles. The number of nitrogens with zero attached hydrogens (tertiary/aromatic N) is 4. The van der Waals surface area contributed by atoms with Gasteiger partial charge in [-0.2, -0.15) is 13.2 Å². The normalized spacial score (nSPS) is 11.6. The van der Waals surface area contributed by atoms with Crippen molar-refractivity contribution >= 4 is 33.4 Å². The molecule has 0 saturated carbocycles. The average molecular weight is 485 g/mol. The molecule has 4 aromatic rings. The van der Waals surface area contributed by atoms with Crippen molar-refractivity contribution < 1.29 is 13.2 Å². The van der Waals surface area contributed by atoms with E-state index in [4.69, 9.17) is 0 Å². The Bertz CT molecular complexity index is 1270. The van der Waals surface area contributed by atoms with Gasteiger partial charge in [0, 0.05) is 52.3 Å². The van der Waals surface area contributed by atoms with Crippen LogP contribution in [0, 0.1) is 0 Å². The van der Waals surface area contributed by atoms with Gasteiger partial charge in [-0.3, -0.25) is 0 Å². The quantitative estimate of drug-likeness (QED) is 0.311. The molecule has 0 radical (unpaired) electrons. The Labute approximate surface area is 203 Å². The smallest absolute Gasteiger partial charge is 0.382 e. The highest BCUT2D eigenvalue weighted by molar-refractivity contribution is 5.89. The third-order valence-electron chi connectivity index (χ3n) is 4.95. The van der Waals surface area contributed by atoms with E-state index in [2.05, 4.69) is 63.5 Å². The van der Waals surface area contributed by atoms with Gasteiger partial charge in [0.2, 0.25) is 0 Å². The first kappa shape index (κ1) is 26.1. The number of hydrogen-bond acceptors (Lipinski definition) is 6. The lowest BCUT2D eigenvalue weighted by atomic mass is 10.2. The van der Waals surface area contributed by atoms with Gasteiger partial charge in [0.25, 0.3) is 0 Å². The van der Waals surface area contributed by atoms with Crippen molar-refractivity contribution in [2.45, 2.75) is 65.7 Å². The summed E-state index contributed by atoms with van der Waals surface area (Å²) in [5.74, 6) is 0. The van der Waals surface area contributed by atoms with E-state index in [0.717, 1.165) is 47.0 Å². The number of fused-ring (bicyclic) bond motifs is 2. The molecule has 186 valence electrons. The second-order valence-electron chi connectivity index (χ2n) is 8.80. The summed E-state index contributed by atoms with van der Waals surface area (Å²) >= 11 is 0. The lowest BCUT2D eigenvalue weighted by molar-refractivity contribution is -0.141. The largest absolute Gasteiger partial charge is 0.433 e. The van der Waals surface area contributed by atoms with Crippen LogP contribution >= 0.6 is 0 Å². The molecule has 0 aliphatic rings. The Hall–Kier alpha value is -3.49. The third-order valence-corrected chi connectivity index (χ3v) is 4.95.